The highest BCUT2D eigenvalue weighted by atomic mass is 32.2. The minimum Gasteiger partial charge on any atom is -0.462 e. The van der Waals surface area contributed by atoms with Gasteiger partial charge in [-0.3, -0.25) is 4.68 Å². The van der Waals surface area contributed by atoms with Gasteiger partial charge in [0.1, 0.15) is 5.56 Å². The van der Waals surface area contributed by atoms with Crippen molar-refractivity contribution in [2.24, 2.45) is 7.05 Å². The molecule has 5 nitrogen and oxygen atoms in total. The third kappa shape index (κ3) is 3.33. The summed E-state index contributed by atoms with van der Waals surface area (Å²) in [5.41, 5.74) is 7.84. The highest BCUT2D eigenvalue weighted by molar-refractivity contribution is 7.98. The van der Waals surface area contributed by atoms with Crippen molar-refractivity contribution in [1.82, 2.24) is 9.78 Å². The first-order valence-electron chi connectivity index (χ1n) is 6.28. The molecule has 0 radical (unpaired) electrons. The molecule has 2 N–H and O–H groups in total. The lowest BCUT2D eigenvalue weighted by molar-refractivity contribution is 0.0525. The van der Waals surface area contributed by atoms with Crippen LogP contribution >= 0.6 is 11.8 Å². The first kappa shape index (κ1) is 14.5. The van der Waals surface area contributed by atoms with Crippen LogP contribution in [0.15, 0.2) is 35.4 Å². The predicted molar refractivity (Wildman–Crippen MR) is 79.6 cm³/mol. The molecular weight excluding hydrogens is 274 g/mol. The fourth-order valence-corrected chi connectivity index (χ4v) is 2.81. The predicted octanol–water partition coefficient (Wildman–Crippen LogP) is 2.47. The number of carbonyl (C=O) groups is 1. The zero-order valence-corrected chi connectivity index (χ0v) is 12.3. The second-order valence-corrected chi connectivity index (χ2v) is 5.26. The fraction of sp³-hybridized carbons (Fsp3) is 0.286. The van der Waals surface area contributed by atoms with Crippen LogP contribution in [0.1, 0.15) is 23.0 Å². The molecule has 2 aromatic rings. The average Bonchev–Trinajstić information content (AvgIpc) is 2.78. The number of hydrogen-bond acceptors (Lipinski definition) is 5. The van der Waals surface area contributed by atoms with Crippen LogP contribution in [0.3, 0.4) is 0 Å². The molecule has 6 heteroatoms. The number of hydrogen-bond donors (Lipinski definition) is 1. The number of nitrogens with zero attached hydrogens (tertiary/aromatic N) is 2. The Hall–Kier alpha value is -1.95. The molecule has 0 atom stereocenters. The number of benzene rings is 1. The molecule has 0 spiro atoms. The van der Waals surface area contributed by atoms with Crippen molar-refractivity contribution < 1.29 is 9.53 Å². The van der Waals surface area contributed by atoms with E-state index in [9.17, 15) is 4.79 Å². The molecule has 106 valence electrons. The summed E-state index contributed by atoms with van der Waals surface area (Å²) < 4.78 is 6.73. The lowest BCUT2D eigenvalue weighted by Crippen LogP contribution is -2.08. The van der Waals surface area contributed by atoms with Gasteiger partial charge in [-0.1, -0.05) is 6.07 Å². The second-order valence-electron chi connectivity index (χ2n) is 4.21. The van der Waals surface area contributed by atoms with Crippen LogP contribution in [-0.4, -0.2) is 22.4 Å². The summed E-state index contributed by atoms with van der Waals surface area (Å²) in [5.74, 6) is 0.303. The molecule has 1 heterocycles. The van der Waals surface area contributed by atoms with Crippen LogP contribution in [0.4, 0.5) is 5.69 Å². The van der Waals surface area contributed by atoms with Gasteiger partial charge in [0, 0.05) is 23.4 Å². The number of nitrogen functional groups attached to an aromatic ring is 1. The molecule has 0 amide bonds. The molecule has 1 aromatic carbocycles. The molecule has 0 aliphatic carbocycles. The van der Waals surface area contributed by atoms with Crippen LogP contribution in [0.2, 0.25) is 0 Å². The summed E-state index contributed by atoms with van der Waals surface area (Å²) in [5, 5.41) is 4.13. The van der Waals surface area contributed by atoms with Crippen molar-refractivity contribution >= 4 is 23.4 Å². The summed E-state index contributed by atoms with van der Waals surface area (Å²) in [6.07, 6.45) is 1.55. The Morgan fingerprint density at radius 2 is 2.30 bits per heavy atom. The average molecular weight is 291 g/mol. The van der Waals surface area contributed by atoms with Crippen LogP contribution in [0, 0.1) is 0 Å². The summed E-state index contributed by atoms with van der Waals surface area (Å²) >= 11 is 1.61. The largest absolute Gasteiger partial charge is 0.462 e. The number of ether oxygens (including phenoxy) is 1. The van der Waals surface area contributed by atoms with Gasteiger partial charge < -0.3 is 10.5 Å². The smallest absolute Gasteiger partial charge is 0.341 e. The number of thioether (sulfide) groups is 1. The molecule has 2 rings (SSSR count). The second kappa shape index (κ2) is 6.47. The number of aryl methyl sites for hydroxylation is 1. The van der Waals surface area contributed by atoms with Crippen molar-refractivity contribution in [3.05, 3.63) is 41.7 Å². The quantitative estimate of drug-likeness (QED) is 0.520. The van der Waals surface area contributed by atoms with E-state index >= 15 is 0 Å². The summed E-state index contributed by atoms with van der Waals surface area (Å²) in [6.45, 7) is 2.14. The first-order chi connectivity index (χ1) is 9.61. The maximum atomic E-state index is 11.8. The highest BCUT2D eigenvalue weighted by Gasteiger charge is 2.17. The topological polar surface area (TPSA) is 70.1 Å². The Morgan fingerprint density at radius 1 is 1.50 bits per heavy atom. The van der Waals surface area contributed by atoms with Gasteiger partial charge >= 0.3 is 5.97 Å². The van der Waals surface area contributed by atoms with Gasteiger partial charge in [-0.2, -0.15) is 5.10 Å². The lowest BCUT2D eigenvalue weighted by Gasteiger charge is -2.06. The van der Waals surface area contributed by atoms with E-state index in [1.165, 1.54) is 0 Å². The van der Waals surface area contributed by atoms with E-state index in [2.05, 4.69) is 5.10 Å². The van der Waals surface area contributed by atoms with Crippen molar-refractivity contribution in [1.29, 1.82) is 0 Å². The number of anilines is 1. The molecule has 0 unspecified atom stereocenters. The maximum absolute atomic E-state index is 11.8. The maximum Gasteiger partial charge on any atom is 0.341 e. The van der Waals surface area contributed by atoms with Gasteiger partial charge in [0.25, 0.3) is 0 Å². The van der Waals surface area contributed by atoms with E-state index in [-0.39, 0.29) is 5.97 Å². The van der Waals surface area contributed by atoms with Crippen LogP contribution in [-0.2, 0) is 17.5 Å². The van der Waals surface area contributed by atoms with E-state index in [0.717, 1.165) is 16.3 Å². The van der Waals surface area contributed by atoms with Gasteiger partial charge in [-0.15, -0.1) is 11.8 Å². The Bertz CT molecular complexity index is 610. The Balaban J connectivity index is 2.13. The summed E-state index contributed by atoms with van der Waals surface area (Å²) in [7, 11) is 1.82. The van der Waals surface area contributed by atoms with Gasteiger partial charge in [0.15, 0.2) is 0 Å². The van der Waals surface area contributed by atoms with E-state index in [0.29, 0.717) is 17.9 Å². The van der Waals surface area contributed by atoms with Crippen molar-refractivity contribution in [2.45, 2.75) is 17.6 Å². The molecule has 0 fully saturated rings. The highest BCUT2D eigenvalue weighted by Crippen LogP contribution is 2.25. The van der Waals surface area contributed by atoms with Gasteiger partial charge in [-0.05, 0) is 25.1 Å². The number of rotatable bonds is 5. The lowest BCUT2D eigenvalue weighted by atomic mass is 10.3. The van der Waals surface area contributed by atoms with Crippen molar-refractivity contribution in [3.8, 4) is 0 Å². The summed E-state index contributed by atoms with van der Waals surface area (Å²) in [4.78, 5) is 12.9. The molecule has 0 saturated heterocycles. The SMILES string of the molecule is CCOC(=O)c1cnn(C)c1CSc1cccc(N)c1. The molecule has 20 heavy (non-hydrogen) atoms. The fourth-order valence-electron chi connectivity index (χ4n) is 1.77. The molecule has 0 saturated carbocycles. The normalized spacial score (nSPS) is 10.5. The Morgan fingerprint density at radius 3 is 3.00 bits per heavy atom. The third-order valence-corrected chi connectivity index (χ3v) is 3.80. The Labute approximate surface area is 122 Å². The van der Waals surface area contributed by atoms with E-state index < -0.39 is 0 Å². The molecule has 1 aromatic heterocycles. The number of aromatic nitrogens is 2. The van der Waals surface area contributed by atoms with E-state index in [4.69, 9.17) is 10.5 Å². The number of esters is 1. The standard InChI is InChI=1S/C14H17N3O2S/c1-3-19-14(18)12-8-16-17(2)13(12)9-20-11-6-4-5-10(15)7-11/h4-8H,3,9,15H2,1-2H3. The molecule has 0 bridgehead atoms. The van der Waals surface area contributed by atoms with E-state index in [1.807, 2.05) is 31.3 Å². The minimum absolute atomic E-state index is 0.330. The number of nitrogens with two attached hydrogens (primary N) is 1. The van der Waals surface area contributed by atoms with Crippen LogP contribution in [0.5, 0.6) is 0 Å². The third-order valence-electron chi connectivity index (χ3n) is 2.79. The minimum atomic E-state index is -0.330. The number of carbonyl (C=O) groups excluding carboxylic acids is 1. The summed E-state index contributed by atoms with van der Waals surface area (Å²) in [6, 6.07) is 7.65. The molecule has 0 aliphatic rings. The molecular formula is C14H17N3O2S. The van der Waals surface area contributed by atoms with Gasteiger partial charge in [0.05, 0.1) is 18.5 Å². The van der Waals surface area contributed by atoms with E-state index in [1.54, 1.807) is 29.6 Å². The Kier molecular flexibility index (Phi) is 4.68. The monoisotopic (exact) mass is 291 g/mol. The van der Waals surface area contributed by atoms with Gasteiger partial charge in [-0.25, -0.2) is 4.79 Å². The van der Waals surface area contributed by atoms with Crippen LogP contribution < -0.4 is 5.73 Å². The van der Waals surface area contributed by atoms with Crippen LogP contribution in [0.25, 0.3) is 0 Å². The van der Waals surface area contributed by atoms with Gasteiger partial charge in [0.2, 0.25) is 0 Å². The van der Waals surface area contributed by atoms with Crippen molar-refractivity contribution in [3.63, 3.8) is 0 Å². The zero-order chi connectivity index (χ0) is 14.5. The first-order valence-corrected chi connectivity index (χ1v) is 7.26. The van der Waals surface area contributed by atoms with Crippen molar-refractivity contribution in [2.75, 3.05) is 12.3 Å². The molecule has 0 aliphatic heterocycles. The zero-order valence-electron chi connectivity index (χ0n) is 11.5.